The number of rotatable bonds is 4. The van der Waals surface area contributed by atoms with Gasteiger partial charge in [0.1, 0.15) is 23.0 Å². The van der Waals surface area contributed by atoms with Gasteiger partial charge in [-0.3, -0.25) is 9.59 Å². The molecule has 1 unspecified atom stereocenters. The Balaban J connectivity index is 1.31. The summed E-state index contributed by atoms with van der Waals surface area (Å²) in [5.41, 5.74) is 2.97. The molecule has 184 valence electrons. The van der Waals surface area contributed by atoms with Crippen molar-refractivity contribution >= 4 is 56.6 Å². The summed E-state index contributed by atoms with van der Waals surface area (Å²) in [5, 5.41) is 25.1. The van der Waals surface area contributed by atoms with E-state index in [-0.39, 0.29) is 29.2 Å². The summed E-state index contributed by atoms with van der Waals surface area (Å²) in [6.07, 6.45) is 1.55. The van der Waals surface area contributed by atoms with Crippen LogP contribution < -0.4 is 10.2 Å². The molecule has 2 amide bonds. The Hall–Kier alpha value is -4.56. The zero-order chi connectivity index (χ0) is 25.7. The summed E-state index contributed by atoms with van der Waals surface area (Å²) in [6, 6.07) is 18.5. The van der Waals surface area contributed by atoms with Crippen LogP contribution in [-0.2, 0) is 0 Å². The smallest absolute Gasteiger partial charge is 0.274 e. The predicted octanol–water partition coefficient (Wildman–Crippen LogP) is 5.36. The Kier molecular flexibility index (Phi) is 5.46. The fraction of sp³-hybridized carbons (Fsp3) is 0.107. The Morgan fingerprint density at radius 2 is 1.81 bits per heavy atom. The second-order valence-corrected chi connectivity index (χ2v) is 9.29. The molecule has 0 radical (unpaired) electrons. The van der Waals surface area contributed by atoms with Gasteiger partial charge in [-0.2, -0.15) is 0 Å². The maximum atomic E-state index is 13.6. The third kappa shape index (κ3) is 3.91. The van der Waals surface area contributed by atoms with Gasteiger partial charge in [-0.05, 0) is 47.3 Å². The van der Waals surface area contributed by atoms with Gasteiger partial charge in [-0.25, -0.2) is 4.98 Å². The maximum Gasteiger partial charge on any atom is 0.274 e. The molecule has 37 heavy (non-hydrogen) atoms. The zero-order valence-electron chi connectivity index (χ0n) is 19.4. The number of fused-ring (bicyclic) bond motifs is 4. The van der Waals surface area contributed by atoms with Crippen LogP contribution in [0.4, 0.5) is 11.5 Å². The summed E-state index contributed by atoms with van der Waals surface area (Å²) in [5.74, 6) is 0.152. The molecule has 0 saturated heterocycles. The normalized spacial score (nSPS) is 14.7. The number of aromatic nitrogens is 2. The summed E-state index contributed by atoms with van der Waals surface area (Å²) in [4.78, 5) is 35.2. The van der Waals surface area contributed by atoms with E-state index in [2.05, 4.69) is 15.3 Å². The quantitative estimate of drug-likeness (QED) is 0.242. The number of alkyl halides is 1. The van der Waals surface area contributed by atoms with E-state index in [1.54, 1.807) is 29.3 Å². The van der Waals surface area contributed by atoms with Crippen molar-refractivity contribution in [3.63, 3.8) is 0 Å². The Morgan fingerprint density at radius 3 is 2.57 bits per heavy atom. The van der Waals surface area contributed by atoms with E-state index in [4.69, 9.17) is 11.6 Å². The van der Waals surface area contributed by atoms with E-state index in [1.165, 1.54) is 24.3 Å². The molecule has 9 heteroatoms. The van der Waals surface area contributed by atoms with Crippen LogP contribution >= 0.6 is 11.6 Å². The maximum absolute atomic E-state index is 13.6. The number of hydrogen-bond acceptors (Lipinski definition) is 5. The van der Waals surface area contributed by atoms with E-state index in [1.807, 2.05) is 24.3 Å². The van der Waals surface area contributed by atoms with Crippen LogP contribution in [0.3, 0.4) is 0 Å². The number of phenols is 2. The van der Waals surface area contributed by atoms with Gasteiger partial charge in [0.25, 0.3) is 11.8 Å². The van der Waals surface area contributed by atoms with Crippen molar-refractivity contribution in [2.75, 3.05) is 22.6 Å². The minimum atomic E-state index is -0.369. The SMILES string of the molecule is O=C(Nc1cc2cc(C(=O)N3CC(CCl)c4c3cc(O)c3ccccc43)[nH]c2cn1)c1ccc(O)cc1. The Bertz CT molecular complexity index is 1700. The number of nitrogens with one attached hydrogen (secondary N) is 2. The molecule has 0 saturated carbocycles. The fourth-order valence-corrected chi connectivity index (χ4v) is 5.16. The average Bonchev–Trinajstić information content (AvgIpc) is 3.50. The van der Waals surface area contributed by atoms with Gasteiger partial charge in [0, 0.05) is 40.7 Å². The van der Waals surface area contributed by atoms with E-state index < -0.39 is 0 Å². The van der Waals surface area contributed by atoms with Gasteiger partial charge in [-0.1, -0.05) is 24.3 Å². The average molecular weight is 513 g/mol. The molecular formula is C28H21ClN4O4. The van der Waals surface area contributed by atoms with Crippen molar-refractivity contribution in [1.29, 1.82) is 0 Å². The van der Waals surface area contributed by atoms with E-state index in [0.717, 1.165) is 16.3 Å². The topological polar surface area (TPSA) is 119 Å². The zero-order valence-corrected chi connectivity index (χ0v) is 20.2. The third-order valence-corrected chi connectivity index (χ3v) is 7.06. The first-order chi connectivity index (χ1) is 17.9. The number of pyridine rings is 1. The second-order valence-electron chi connectivity index (χ2n) is 8.98. The Labute approximate surface area is 216 Å². The van der Waals surface area contributed by atoms with Crippen LogP contribution in [-0.4, -0.2) is 44.4 Å². The van der Waals surface area contributed by atoms with Crippen LogP contribution in [0, 0.1) is 0 Å². The lowest BCUT2D eigenvalue weighted by molar-refractivity contribution is 0.0983. The first kappa shape index (κ1) is 22.9. The number of halogens is 1. The summed E-state index contributed by atoms with van der Waals surface area (Å²) in [7, 11) is 0. The lowest BCUT2D eigenvalue weighted by Crippen LogP contribution is -2.30. The number of carbonyl (C=O) groups excluding carboxylic acids is 2. The van der Waals surface area contributed by atoms with Crippen molar-refractivity contribution in [2.45, 2.75) is 5.92 Å². The van der Waals surface area contributed by atoms with Gasteiger partial charge < -0.3 is 25.4 Å². The van der Waals surface area contributed by atoms with Crippen LogP contribution in [0.1, 0.15) is 32.3 Å². The highest BCUT2D eigenvalue weighted by molar-refractivity contribution is 6.19. The van der Waals surface area contributed by atoms with Crippen molar-refractivity contribution in [3.05, 3.63) is 89.7 Å². The van der Waals surface area contributed by atoms with Crippen molar-refractivity contribution < 1.29 is 19.8 Å². The van der Waals surface area contributed by atoms with Gasteiger partial charge in [-0.15, -0.1) is 11.6 Å². The van der Waals surface area contributed by atoms with Crippen molar-refractivity contribution in [1.82, 2.24) is 9.97 Å². The monoisotopic (exact) mass is 512 g/mol. The van der Waals surface area contributed by atoms with Gasteiger partial charge in [0.05, 0.1) is 17.4 Å². The minimum absolute atomic E-state index is 0.0705. The fourth-order valence-electron chi connectivity index (χ4n) is 4.91. The van der Waals surface area contributed by atoms with E-state index >= 15 is 0 Å². The summed E-state index contributed by atoms with van der Waals surface area (Å²) < 4.78 is 0. The number of benzene rings is 3. The molecule has 3 heterocycles. The molecule has 5 aromatic rings. The second kappa shape index (κ2) is 8.83. The standard InChI is InChI=1S/C28H21ClN4O4/c29-12-17-14-33(23-11-24(35)19-3-1-2-4-20(19)26(17)23)28(37)21-9-16-10-25(30-13-22(16)31-21)32-27(36)15-5-7-18(34)8-6-15/h1-11,13,17,31,34-35H,12,14H2,(H,30,32,36). The van der Waals surface area contributed by atoms with Gasteiger partial charge in [0.2, 0.25) is 0 Å². The molecule has 0 spiro atoms. The summed E-state index contributed by atoms with van der Waals surface area (Å²) in [6.45, 7) is 0.396. The third-order valence-electron chi connectivity index (χ3n) is 6.68. The van der Waals surface area contributed by atoms with Crippen molar-refractivity contribution in [2.24, 2.45) is 0 Å². The highest BCUT2D eigenvalue weighted by Gasteiger charge is 2.35. The highest BCUT2D eigenvalue weighted by Crippen LogP contribution is 2.45. The van der Waals surface area contributed by atoms with Crippen molar-refractivity contribution in [3.8, 4) is 11.5 Å². The minimum Gasteiger partial charge on any atom is -0.508 e. The van der Waals surface area contributed by atoms with Gasteiger partial charge in [0.15, 0.2) is 0 Å². The molecule has 1 atom stereocenters. The van der Waals surface area contributed by atoms with Crippen LogP contribution in [0.15, 0.2) is 72.9 Å². The molecule has 3 aromatic carbocycles. The first-order valence-corrected chi connectivity index (χ1v) is 12.2. The Morgan fingerprint density at radius 1 is 1.05 bits per heavy atom. The van der Waals surface area contributed by atoms with Gasteiger partial charge >= 0.3 is 0 Å². The number of H-pyrrole nitrogens is 1. The predicted molar refractivity (Wildman–Crippen MR) is 143 cm³/mol. The van der Waals surface area contributed by atoms with Crippen LogP contribution in [0.5, 0.6) is 11.5 Å². The molecule has 2 aromatic heterocycles. The number of carbonyl (C=O) groups is 2. The molecule has 0 aliphatic carbocycles. The highest BCUT2D eigenvalue weighted by atomic mass is 35.5. The number of phenolic OH excluding ortho intramolecular Hbond substituents is 2. The largest absolute Gasteiger partial charge is 0.508 e. The van der Waals surface area contributed by atoms with E-state index in [0.29, 0.717) is 46.1 Å². The molecule has 8 nitrogen and oxygen atoms in total. The number of hydrogen-bond donors (Lipinski definition) is 4. The molecule has 0 bridgehead atoms. The molecular weight excluding hydrogens is 492 g/mol. The molecule has 0 fully saturated rings. The van der Waals surface area contributed by atoms with Crippen LogP contribution in [0.2, 0.25) is 0 Å². The molecule has 4 N–H and O–H groups in total. The lowest BCUT2D eigenvalue weighted by Gasteiger charge is -2.17. The number of aromatic amines is 1. The molecule has 1 aliphatic heterocycles. The lowest BCUT2D eigenvalue weighted by atomic mass is 9.95. The first-order valence-electron chi connectivity index (χ1n) is 11.6. The van der Waals surface area contributed by atoms with E-state index in [9.17, 15) is 19.8 Å². The summed E-state index contributed by atoms with van der Waals surface area (Å²) >= 11 is 6.30. The number of amides is 2. The number of aromatic hydroxyl groups is 2. The molecule has 6 rings (SSSR count). The number of nitrogens with zero attached hydrogens (tertiary/aromatic N) is 2. The van der Waals surface area contributed by atoms with Crippen LogP contribution in [0.25, 0.3) is 21.7 Å². The number of anilines is 2. The molecule has 1 aliphatic rings.